The molecular formula is C17H28N4O4. The molecule has 3 heterocycles. The molecule has 1 aromatic heterocycles. The maximum Gasteiger partial charge on any atom is 0.255 e. The number of aliphatic hydroxyl groups excluding tert-OH is 1. The molecule has 2 aliphatic rings. The van der Waals surface area contributed by atoms with Crippen molar-refractivity contribution in [3.8, 4) is 0 Å². The second-order valence-electron chi connectivity index (χ2n) is 7.03. The number of β-amino-alcohol motifs (C(OH)–C–C–N with tert-alkyl or cyclic N) is 1. The second-order valence-corrected chi connectivity index (χ2v) is 7.03. The number of aliphatic hydroxyl groups is 2. The molecule has 1 saturated heterocycles. The van der Waals surface area contributed by atoms with Crippen LogP contribution in [0, 0.1) is 0 Å². The zero-order valence-corrected chi connectivity index (χ0v) is 15.1. The zero-order chi connectivity index (χ0) is 18.0. The lowest BCUT2D eigenvalue weighted by Gasteiger charge is -2.41. The summed E-state index contributed by atoms with van der Waals surface area (Å²) in [6.07, 6.45) is 2.08. The van der Waals surface area contributed by atoms with Gasteiger partial charge in [-0.3, -0.25) is 14.4 Å². The van der Waals surface area contributed by atoms with Gasteiger partial charge in [0.05, 0.1) is 18.9 Å². The summed E-state index contributed by atoms with van der Waals surface area (Å²) >= 11 is 0. The summed E-state index contributed by atoms with van der Waals surface area (Å²) in [5.41, 5.74) is 1.50. The molecule has 0 aliphatic carbocycles. The number of carbonyl (C=O) groups excluding carboxylic acids is 1. The minimum atomic E-state index is -1.34. The molecule has 2 N–H and O–H groups in total. The molecule has 1 amide bonds. The molecule has 1 fully saturated rings. The number of hydrogen-bond donors (Lipinski definition) is 2. The fourth-order valence-corrected chi connectivity index (χ4v) is 3.98. The molecule has 0 bridgehead atoms. The van der Waals surface area contributed by atoms with E-state index in [1.165, 1.54) is 0 Å². The number of hydrogen-bond acceptors (Lipinski definition) is 6. The number of ether oxygens (including phenoxy) is 1. The Bertz CT molecular complexity index is 632. The van der Waals surface area contributed by atoms with Crippen LogP contribution in [0.25, 0.3) is 0 Å². The highest BCUT2D eigenvalue weighted by atomic mass is 16.5. The molecule has 1 atom stereocenters. The van der Waals surface area contributed by atoms with E-state index in [9.17, 15) is 15.0 Å². The molecule has 1 aromatic rings. The number of piperidine rings is 1. The van der Waals surface area contributed by atoms with E-state index in [-0.39, 0.29) is 12.5 Å². The third-order valence-electron chi connectivity index (χ3n) is 5.31. The van der Waals surface area contributed by atoms with Crippen LogP contribution in [0.4, 0.5) is 0 Å². The van der Waals surface area contributed by atoms with Crippen molar-refractivity contribution in [2.75, 3.05) is 39.9 Å². The summed E-state index contributed by atoms with van der Waals surface area (Å²) in [5.74, 6) is -0.199. The molecule has 0 radical (unpaired) electrons. The standard InChI is InChI=1S/C17H28N4O4/c1-19-15-4-7-20(10-13(15)14(11-22)18-19)12-17(24)5-3-6-21(16(17)23)8-9-25-2/h22,24H,3-12H2,1-2H3/t17-/m1/s1. The van der Waals surface area contributed by atoms with Crippen LogP contribution in [0.3, 0.4) is 0 Å². The van der Waals surface area contributed by atoms with Gasteiger partial charge in [0.15, 0.2) is 5.60 Å². The molecule has 0 unspecified atom stereocenters. The molecule has 3 rings (SSSR count). The summed E-state index contributed by atoms with van der Waals surface area (Å²) in [6.45, 7) is 3.26. The Hall–Kier alpha value is -1.48. The molecule has 0 aromatic carbocycles. The highest BCUT2D eigenvalue weighted by molar-refractivity contribution is 5.86. The first-order valence-corrected chi connectivity index (χ1v) is 8.86. The Kier molecular flexibility index (Phi) is 5.43. The van der Waals surface area contributed by atoms with Crippen LogP contribution in [-0.2, 0) is 36.2 Å². The molecular weight excluding hydrogens is 324 g/mol. The van der Waals surface area contributed by atoms with Crippen molar-refractivity contribution < 1.29 is 19.7 Å². The summed E-state index contributed by atoms with van der Waals surface area (Å²) in [4.78, 5) is 16.5. The fourth-order valence-electron chi connectivity index (χ4n) is 3.98. The van der Waals surface area contributed by atoms with Crippen LogP contribution >= 0.6 is 0 Å². The first-order valence-electron chi connectivity index (χ1n) is 8.86. The van der Waals surface area contributed by atoms with Gasteiger partial charge in [0, 0.05) is 64.6 Å². The maximum atomic E-state index is 12.7. The van der Waals surface area contributed by atoms with Gasteiger partial charge in [-0.1, -0.05) is 0 Å². The van der Waals surface area contributed by atoms with Gasteiger partial charge in [-0.15, -0.1) is 0 Å². The molecule has 2 aliphatic heterocycles. The minimum absolute atomic E-state index is 0.0923. The van der Waals surface area contributed by atoms with Crippen LogP contribution in [0.5, 0.6) is 0 Å². The largest absolute Gasteiger partial charge is 0.390 e. The van der Waals surface area contributed by atoms with Gasteiger partial charge in [0.1, 0.15) is 0 Å². The van der Waals surface area contributed by atoms with Crippen molar-refractivity contribution in [2.45, 2.75) is 38.0 Å². The number of aromatic nitrogens is 2. The number of nitrogens with zero attached hydrogens (tertiary/aromatic N) is 4. The second kappa shape index (κ2) is 7.41. The van der Waals surface area contributed by atoms with E-state index >= 15 is 0 Å². The molecule has 8 heteroatoms. The number of aryl methyl sites for hydroxylation is 1. The summed E-state index contributed by atoms with van der Waals surface area (Å²) in [6, 6.07) is 0. The van der Waals surface area contributed by atoms with Crippen molar-refractivity contribution in [1.29, 1.82) is 0 Å². The van der Waals surface area contributed by atoms with E-state index in [1.807, 2.05) is 11.7 Å². The summed E-state index contributed by atoms with van der Waals surface area (Å²) in [7, 11) is 3.50. The van der Waals surface area contributed by atoms with Gasteiger partial charge in [0.25, 0.3) is 5.91 Å². The number of methoxy groups -OCH3 is 1. The average molecular weight is 352 g/mol. The van der Waals surface area contributed by atoms with E-state index in [2.05, 4.69) is 10.00 Å². The van der Waals surface area contributed by atoms with E-state index in [0.717, 1.165) is 30.6 Å². The molecule has 8 nitrogen and oxygen atoms in total. The molecule has 25 heavy (non-hydrogen) atoms. The van der Waals surface area contributed by atoms with E-state index in [1.54, 1.807) is 12.0 Å². The van der Waals surface area contributed by atoms with Gasteiger partial charge in [-0.05, 0) is 12.8 Å². The van der Waals surface area contributed by atoms with Crippen molar-refractivity contribution >= 4 is 5.91 Å². The van der Waals surface area contributed by atoms with E-state index < -0.39 is 5.60 Å². The zero-order valence-electron chi connectivity index (χ0n) is 15.1. The predicted molar refractivity (Wildman–Crippen MR) is 90.8 cm³/mol. The molecule has 0 spiro atoms. The van der Waals surface area contributed by atoms with Crippen molar-refractivity contribution in [3.63, 3.8) is 0 Å². The Morgan fingerprint density at radius 1 is 1.36 bits per heavy atom. The highest BCUT2D eigenvalue weighted by Gasteiger charge is 2.43. The third kappa shape index (κ3) is 3.57. The van der Waals surface area contributed by atoms with Crippen LogP contribution in [0.1, 0.15) is 29.8 Å². The molecule has 0 saturated carbocycles. The minimum Gasteiger partial charge on any atom is -0.390 e. The third-order valence-corrected chi connectivity index (χ3v) is 5.31. The maximum absolute atomic E-state index is 12.7. The van der Waals surface area contributed by atoms with Crippen molar-refractivity contribution in [3.05, 3.63) is 17.0 Å². The smallest absolute Gasteiger partial charge is 0.255 e. The van der Waals surface area contributed by atoms with Crippen LogP contribution < -0.4 is 0 Å². The fraction of sp³-hybridized carbons (Fsp3) is 0.765. The lowest BCUT2D eigenvalue weighted by atomic mass is 9.90. The number of rotatable bonds is 6. The number of likely N-dealkylation sites (tertiary alicyclic amines) is 1. The van der Waals surface area contributed by atoms with Gasteiger partial charge in [0.2, 0.25) is 0 Å². The van der Waals surface area contributed by atoms with Crippen molar-refractivity contribution in [2.24, 2.45) is 7.05 Å². The van der Waals surface area contributed by atoms with Crippen LogP contribution in [0.2, 0.25) is 0 Å². The Morgan fingerprint density at radius 3 is 2.88 bits per heavy atom. The van der Waals surface area contributed by atoms with E-state index in [0.29, 0.717) is 44.9 Å². The Balaban J connectivity index is 1.70. The van der Waals surface area contributed by atoms with Crippen molar-refractivity contribution in [1.82, 2.24) is 19.6 Å². The van der Waals surface area contributed by atoms with Crippen LogP contribution in [-0.4, -0.2) is 81.2 Å². The van der Waals surface area contributed by atoms with Gasteiger partial charge < -0.3 is 19.8 Å². The first-order chi connectivity index (χ1) is 12.0. The van der Waals surface area contributed by atoms with Gasteiger partial charge >= 0.3 is 0 Å². The van der Waals surface area contributed by atoms with E-state index in [4.69, 9.17) is 4.74 Å². The van der Waals surface area contributed by atoms with Crippen LogP contribution in [0.15, 0.2) is 0 Å². The number of carbonyl (C=O) groups is 1. The summed E-state index contributed by atoms with van der Waals surface area (Å²) < 4.78 is 6.88. The van der Waals surface area contributed by atoms with Gasteiger partial charge in [-0.2, -0.15) is 5.10 Å². The average Bonchev–Trinajstić information content (AvgIpc) is 2.92. The summed E-state index contributed by atoms with van der Waals surface area (Å²) in [5, 5.41) is 24.9. The van der Waals surface area contributed by atoms with Gasteiger partial charge in [-0.25, -0.2) is 0 Å². The topological polar surface area (TPSA) is 91.1 Å². The normalized spacial score (nSPS) is 24.6. The first kappa shape index (κ1) is 18.3. The SMILES string of the molecule is COCCN1CCC[C@@](O)(CN2CCc3c(c(CO)nn3C)C2)C1=O. The Morgan fingerprint density at radius 2 is 2.16 bits per heavy atom. The Labute approximate surface area is 148 Å². The predicted octanol–water partition coefficient (Wildman–Crippen LogP) is -0.730. The number of amides is 1. The lowest BCUT2D eigenvalue weighted by molar-refractivity contribution is -0.160. The number of fused-ring (bicyclic) bond motifs is 1. The highest BCUT2D eigenvalue weighted by Crippen LogP contribution is 2.28. The monoisotopic (exact) mass is 352 g/mol. The molecule has 140 valence electrons. The lowest BCUT2D eigenvalue weighted by Crippen LogP contribution is -2.59. The quantitative estimate of drug-likeness (QED) is 0.702.